The molecule has 0 aromatic carbocycles. The summed E-state index contributed by atoms with van der Waals surface area (Å²) in [6.07, 6.45) is 2.52. The van der Waals surface area contributed by atoms with E-state index in [1.165, 1.54) is 39.0 Å². The maximum absolute atomic E-state index is 3.50. The van der Waals surface area contributed by atoms with Gasteiger partial charge in [0, 0.05) is 36.0 Å². The summed E-state index contributed by atoms with van der Waals surface area (Å²) < 4.78 is 0. The van der Waals surface area contributed by atoms with E-state index in [-0.39, 0.29) is 5.41 Å². The number of piperidine rings is 1. The maximum Gasteiger partial charge on any atom is 0.0350 e. The summed E-state index contributed by atoms with van der Waals surface area (Å²) in [7, 11) is 0. The van der Waals surface area contributed by atoms with Gasteiger partial charge in [-0.3, -0.25) is 9.80 Å². The highest BCUT2D eigenvalue weighted by atomic mass is 15.3. The molecule has 20 heavy (non-hydrogen) atoms. The fourth-order valence-corrected chi connectivity index (χ4v) is 2.96. The first kappa shape index (κ1) is 15.9. The summed E-state index contributed by atoms with van der Waals surface area (Å²) in [6, 6.07) is 0.797. The molecule has 2 heteroatoms. The fraction of sp³-hybridized carbons (Fsp3) is 0.889. The van der Waals surface area contributed by atoms with Crippen molar-refractivity contribution in [2.24, 2.45) is 11.3 Å². The van der Waals surface area contributed by atoms with E-state index in [9.17, 15) is 0 Å². The lowest BCUT2D eigenvalue weighted by Gasteiger charge is -2.52. The first-order valence-corrected chi connectivity index (χ1v) is 8.17. The van der Waals surface area contributed by atoms with E-state index in [0.717, 1.165) is 6.04 Å². The van der Waals surface area contributed by atoms with E-state index >= 15 is 0 Å². The molecule has 2 fully saturated rings. The Bertz CT molecular complexity index is 374. The Morgan fingerprint density at radius 1 is 0.900 bits per heavy atom. The number of hydrogen-bond acceptors (Lipinski definition) is 2. The lowest BCUT2D eigenvalue weighted by molar-refractivity contribution is -0.0307. The zero-order valence-corrected chi connectivity index (χ0v) is 14.3. The van der Waals surface area contributed by atoms with Crippen LogP contribution in [0.2, 0.25) is 0 Å². The maximum atomic E-state index is 3.50. The Morgan fingerprint density at radius 3 is 1.90 bits per heavy atom. The largest absolute Gasteiger partial charge is 0.298 e. The lowest BCUT2D eigenvalue weighted by atomic mass is 9.90. The molecule has 2 nitrogen and oxygen atoms in total. The van der Waals surface area contributed by atoms with Crippen LogP contribution in [0.5, 0.6) is 0 Å². The molecule has 0 aliphatic carbocycles. The van der Waals surface area contributed by atoms with Crippen molar-refractivity contribution in [2.45, 2.75) is 66.0 Å². The highest BCUT2D eigenvalue weighted by Gasteiger charge is 2.38. The minimum Gasteiger partial charge on any atom is -0.298 e. The van der Waals surface area contributed by atoms with Crippen LogP contribution in [0.15, 0.2) is 0 Å². The van der Waals surface area contributed by atoms with Crippen molar-refractivity contribution in [3.05, 3.63) is 0 Å². The molecule has 0 atom stereocenters. The summed E-state index contributed by atoms with van der Waals surface area (Å²) in [4.78, 5) is 5.28. The zero-order chi connectivity index (χ0) is 15.0. The molecule has 0 amide bonds. The van der Waals surface area contributed by atoms with Gasteiger partial charge in [-0.2, -0.15) is 0 Å². The molecule has 0 saturated carbocycles. The van der Waals surface area contributed by atoms with Crippen molar-refractivity contribution in [1.82, 2.24) is 9.80 Å². The van der Waals surface area contributed by atoms with Gasteiger partial charge in [0.2, 0.25) is 0 Å². The average Bonchev–Trinajstić information content (AvgIpc) is 2.23. The number of hydrogen-bond donors (Lipinski definition) is 0. The lowest BCUT2D eigenvalue weighted by Crippen LogP contribution is -2.65. The van der Waals surface area contributed by atoms with Gasteiger partial charge in [0.15, 0.2) is 0 Å². The van der Waals surface area contributed by atoms with E-state index in [2.05, 4.69) is 63.2 Å². The molecule has 0 radical (unpaired) electrons. The molecule has 0 unspecified atom stereocenters. The van der Waals surface area contributed by atoms with Gasteiger partial charge >= 0.3 is 0 Å². The predicted octanol–water partition coefficient (Wildman–Crippen LogP) is 3.23. The van der Waals surface area contributed by atoms with Crippen LogP contribution in [0.3, 0.4) is 0 Å². The molecular formula is C18H32N2. The topological polar surface area (TPSA) is 6.48 Å². The number of likely N-dealkylation sites (tertiary alicyclic amines) is 2. The third-order valence-electron chi connectivity index (χ3n) is 4.51. The molecule has 0 aromatic heterocycles. The van der Waals surface area contributed by atoms with Gasteiger partial charge in [0.1, 0.15) is 0 Å². The Morgan fingerprint density at radius 2 is 1.45 bits per heavy atom. The minimum atomic E-state index is 0.151. The molecule has 2 aliphatic rings. The smallest absolute Gasteiger partial charge is 0.0350 e. The van der Waals surface area contributed by atoms with Crippen LogP contribution < -0.4 is 0 Å². The van der Waals surface area contributed by atoms with Gasteiger partial charge in [-0.1, -0.05) is 11.8 Å². The minimum absolute atomic E-state index is 0.151. The Kier molecular flexibility index (Phi) is 4.52. The summed E-state index contributed by atoms with van der Waals surface area (Å²) in [5.41, 5.74) is 0.491. The summed E-state index contributed by atoms with van der Waals surface area (Å²) >= 11 is 0. The zero-order valence-electron chi connectivity index (χ0n) is 14.3. The third kappa shape index (κ3) is 4.24. The van der Waals surface area contributed by atoms with Crippen LogP contribution in [0.4, 0.5) is 0 Å². The Balaban J connectivity index is 1.75. The molecule has 2 saturated heterocycles. The van der Waals surface area contributed by atoms with Crippen molar-refractivity contribution in [3.63, 3.8) is 0 Å². The van der Waals surface area contributed by atoms with Crippen LogP contribution in [0.25, 0.3) is 0 Å². The normalized spacial score (nSPS) is 24.1. The first-order chi connectivity index (χ1) is 9.15. The van der Waals surface area contributed by atoms with E-state index in [1.807, 2.05) is 0 Å². The van der Waals surface area contributed by atoms with Crippen molar-refractivity contribution in [2.75, 3.05) is 26.2 Å². The molecule has 0 N–H and O–H groups in total. The highest BCUT2D eigenvalue weighted by molar-refractivity contribution is 5.11. The molecule has 2 heterocycles. The predicted molar refractivity (Wildman–Crippen MR) is 86.6 cm³/mol. The van der Waals surface area contributed by atoms with Crippen molar-refractivity contribution < 1.29 is 0 Å². The van der Waals surface area contributed by atoms with E-state index in [1.54, 1.807) is 0 Å². The molecule has 114 valence electrons. The number of nitrogens with zero attached hydrogens (tertiary/aromatic N) is 2. The average molecular weight is 276 g/mol. The molecule has 0 aromatic rings. The summed E-state index contributed by atoms with van der Waals surface area (Å²) in [5.74, 6) is 7.55. The monoisotopic (exact) mass is 276 g/mol. The summed E-state index contributed by atoms with van der Waals surface area (Å²) in [6.45, 7) is 18.5. The SMILES string of the molecule is CC(C)(C)C#CC1CCN(C2CN(C(C)(C)C)C2)CC1. The highest BCUT2D eigenvalue weighted by Crippen LogP contribution is 2.27. The number of rotatable bonds is 1. The van der Waals surface area contributed by atoms with Gasteiger partial charge in [-0.05, 0) is 67.5 Å². The first-order valence-electron chi connectivity index (χ1n) is 8.17. The standard InChI is InChI=1S/C18H32N2/c1-17(2,3)10-7-15-8-11-19(12-9-15)16-13-20(14-16)18(4,5)6/h15-16H,8-9,11-14H2,1-6H3. The van der Waals surface area contributed by atoms with Crippen LogP contribution in [0.1, 0.15) is 54.4 Å². The Labute approximate surface area is 125 Å². The van der Waals surface area contributed by atoms with Gasteiger partial charge in [-0.15, -0.1) is 0 Å². The van der Waals surface area contributed by atoms with Crippen molar-refractivity contribution in [3.8, 4) is 11.8 Å². The van der Waals surface area contributed by atoms with Crippen LogP contribution >= 0.6 is 0 Å². The van der Waals surface area contributed by atoms with Crippen LogP contribution in [-0.4, -0.2) is 47.6 Å². The molecule has 0 bridgehead atoms. The summed E-state index contributed by atoms with van der Waals surface area (Å²) in [5, 5.41) is 0. The second kappa shape index (κ2) is 5.70. The van der Waals surface area contributed by atoms with Gasteiger partial charge in [0.05, 0.1) is 0 Å². The Hall–Kier alpha value is -0.520. The van der Waals surface area contributed by atoms with E-state index in [0.29, 0.717) is 11.5 Å². The van der Waals surface area contributed by atoms with Gasteiger partial charge < -0.3 is 0 Å². The molecule has 2 aliphatic heterocycles. The molecule has 0 spiro atoms. The van der Waals surface area contributed by atoms with E-state index < -0.39 is 0 Å². The van der Waals surface area contributed by atoms with Crippen LogP contribution in [-0.2, 0) is 0 Å². The van der Waals surface area contributed by atoms with E-state index in [4.69, 9.17) is 0 Å². The second-order valence-electron chi connectivity index (χ2n) is 8.56. The fourth-order valence-electron chi connectivity index (χ4n) is 2.96. The molecule has 2 rings (SSSR count). The van der Waals surface area contributed by atoms with Gasteiger partial charge in [-0.25, -0.2) is 0 Å². The van der Waals surface area contributed by atoms with Crippen LogP contribution in [0, 0.1) is 23.2 Å². The van der Waals surface area contributed by atoms with Crippen molar-refractivity contribution >= 4 is 0 Å². The third-order valence-corrected chi connectivity index (χ3v) is 4.51. The molecular weight excluding hydrogens is 244 g/mol. The quantitative estimate of drug-likeness (QED) is 0.679. The van der Waals surface area contributed by atoms with Gasteiger partial charge in [0.25, 0.3) is 0 Å². The second-order valence-corrected chi connectivity index (χ2v) is 8.56. The van der Waals surface area contributed by atoms with Crippen molar-refractivity contribution in [1.29, 1.82) is 0 Å².